The third-order valence-electron chi connectivity index (χ3n) is 5.15. The third-order valence-corrected chi connectivity index (χ3v) is 5.15. The van der Waals surface area contributed by atoms with E-state index >= 15 is 0 Å². The van der Waals surface area contributed by atoms with Gasteiger partial charge in [-0.25, -0.2) is 9.97 Å². The quantitative estimate of drug-likeness (QED) is 0.813. The van der Waals surface area contributed by atoms with Crippen molar-refractivity contribution in [2.24, 2.45) is 0 Å². The van der Waals surface area contributed by atoms with Crippen LogP contribution in [0.5, 0.6) is 0 Å². The van der Waals surface area contributed by atoms with Crippen LogP contribution >= 0.6 is 0 Å². The van der Waals surface area contributed by atoms with E-state index in [-0.39, 0.29) is 23.4 Å². The van der Waals surface area contributed by atoms with Crippen LogP contribution in [-0.2, 0) is 9.47 Å². The molecule has 2 aliphatic heterocycles. The van der Waals surface area contributed by atoms with Crippen molar-refractivity contribution in [1.29, 1.82) is 0 Å². The number of carbonyl (C=O) groups excluding carboxylic acids is 2. The highest BCUT2D eigenvalue weighted by Gasteiger charge is 2.26. The van der Waals surface area contributed by atoms with E-state index < -0.39 is 5.91 Å². The van der Waals surface area contributed by atoms with Crippen LogP contribution in [0.2, 0.25) is 0 Å². The number of nitrogens with one attached hydrogen (secondary N) is 1. The fraction of sp³-hybridized carbons (Fsp3) is 0.429. The lowest BCUT2D eigenvalue weighted by Crippen LogP contribution is -2.42. The Bertz CT molecular complexity index is 899. The maximum atomic E-state index is 12.8. The highest BCUT2D eigenvalue weighted by atomic mass is 16.5. The molecule has 1 aromatic carbocycles. The van der Waals surface area contributed by atoms with Crippen LogP contribution in [0.4, 0.5) is 11.4 Å². The molecular weight excluding hydrogens is 386 g/mol. The van der Waals surface area contributed by atoms with Crippen molar-refractivity contribution in [3.63, 3.8) is 0 Å². The summed E-state index contributed by atoms with van der Waals surface area (Å²) >= 11 is 0. The molecule has 9 nitrogen and oxygen atoms in total. The fourth-order valence-electron chi connectivity index (χ4n) is 3.58. The smallest absolute Gasteiger partial charge is 0.276 e. The Morgan fingerprint density at radius 3 is 2.40 bits per heavy atom. The lowest BCUT2D eigenvalue weighted by Gasteiger charge is -2.33. The van der Waals surface area contributed by atoms with Gasteiger partial charge in [-0.1, -0.05) is 0 Å². The van der Waals surface area contributed by atoms with Crippen LogP contribution in [0.1, 0.15) is 27.9 Å². The molecule has 2 fully saturated rings. The van der Waals surface area contributed by atoms with Crippen molar-refractivity contribution in [1.82, 2.24) is 14.9 Å². The number of hydrogen-bond acceptors (Lipinski definition) is 7. The number of morpholine rings is 2. The number of ether oxygens (including phenoxy) is 2. The number of nitrogens with zero attached hydrogens (tertiary/aromatic N) is 4. The number of aromatic nitrogens is 2. The van der Waals surface area contributed by atoms with E-state index in [9.17, 15) is 9.59 Å². The molecule has 0 saturated carbocycles. The molecule has 2 aromatic rings. The molecule has 158 valence electrons. The first-order valence-electron chi connectivity index (χ1n) is 10.1. The van der Waals surface area contributed by atoms with Crippen LogP contribution in [0, 0.1) is 0 Å². The van der Waals surface area contributed by atoms with Crippen LogP contribution in [-0.4, -0.2) is 78.8 Å². The van der Waals surface area contributed by atoms with Gasteiger partial charge in [0.05, 0.1) is 25.9 Å². The molecule has 0 radical (unpaired) electrons. The van der Waals surface area contributed by atoms with Crippen LogP contribution in [0.3, 0.4) is 0 Å². The van der Waals surface area contributed by atoms with Gasteiger partial charge < -0.3 is 24.6 Å². The summed E-state index contributed by atoms with van der Waals surface area (Å²) in [5, 5.41) is 2.82. The van der Waals surface area contributed by atoms with E-state index in [4.69, 9.17) is 9.47 Å². The zero-order valence-corrected chi connectivity index (χ0v) is 16.9. The second-order valence-corrected chi connectivity index (χ2v) is 7.29. The van der Waals surface area contributed by atoms with E-state index in [1.165, 1.54) is 12.4 Å². The van der Waals surface area contributed by atoms with E-state index in [1.807, 2.05) is 24.3 Å². The normalized spacial score (nSPS) is 19.4. The summed E-state index contributed by atoms with van der Waals surface area (Å²) in [5.74, 6) is -0.777. The molecule has 1 N–H and O–H groups in total. The van der Waals surface area contributed by atoms with Gasteiger partial charge in [-0.3, -0.25) is 9.59 Å². The summed E-state index contributed by atoms with van der Waals surface area (Å²) in [4.78, 5) is 37.7. The predicted molar refractivity (Wildman–Crippen MR) is 111 cm³/mol. The van der Waals surface area contributed by atoms with Crippen LogP contribution in [0.25, 0.3) is 0 Å². The molecule has 4 rings (SSSR count). The predicted octanol–water partition coefficient (Wildman–Crippen LogP) is 1.43. The van der Waals surface area contributed by atoms with Gasteiger partial charge in [-0.2, -0.15) is 0 Å². The average Bonchev–Trinajstić information content (AvgIpc) is 2.79. The van der Waals surface area contributed by atoms with Gasteiger partial charge in [0, 0.05) is 49.9 Å². The molecule has 1 unspecified atom stereocenters. The SMILES string of the molecule is CC1CN(c2ccc(NC(=O)c3nccnc3C(=O)N3CCOCC3)cc2)CCO1. The highest BCUT2D eigenvalue weighted by Crippen LogP contribution is 2.21. The summed E-state index contributed by atoms with van der Waals surface area (Å²) in [6, 6.07) is 7.61. The molecule has 0 bridgehead atoms. The number of rotatable bonds is 4. The Kier molecular flexibility index (Phi) is 6.20. The van der Waals surface area contributed by atoms with Gasteiger partial charge in [0.2, 0.25) is 0 Å². The number of benzene rings is 1. The Labute approximate surface area is 175 Å². The molecule has 3 heterocycles. The highest BCUT2D eigenvalue weighted by molar-refractivity contribution is 6.09. The lowest BCUT2D eigenvalue weighted by molar-refractivity contribution is 0.0297. The van der Waals surface area contributed by atoms with Crippen LogP contribution in [0.15, 0.2) is 36.7 Å². The minimum absolute atomic E-state index is 0.0140. The van der Waals surface area contributed by atoms with Gasteiger partial charge in [0.1, 0.15) is 0 Å². The molecule has 2 saturated heterocycles. The number of carbonyl (C=O) groups is 2. The van der Waals surface area contributed by atoms with Crippen molar-refractivity contribution >= 4 is 23.2 Å². The van der Waals surface area contributed by atoms with Gasteiger partial charge in [-0.05, 0) is 31.2 Å². The Hall–Kier alpha value is -3.04. The van der Waals surface area contributed by atoms with Crippen molar-refractivity contribution in [2.75, 3.05) is 56.2 Å². The summed E-state index contributed by atoms with van der Waals surface area (Å²) in [6.45, 7) is 6.31. The molecule has 1 aromatic heterocycles. The summed E-state index contributed by atoms with van der Waals surface area (Å²) in [5.41, 5.74) is 1.77. The largest absolute Gasteiger partial charge is 0.378 e. The first-order chi connectivity index (χ1) is 14.6. The minimum atomic E-state index is -0.465. The maximum Gasteiger partial charge on any atom is 0.276 e. The second-order valence-electron chi connectivity index (χ2n) is 7.29. The molecule has 30 heavy (non-hydrogen) atoms. The number of hydrogen-bond donors (Lipinski definition) is 1. The van der Waals surface area contributed by atoms with E-state index in [0.29, 0.717) is 38.6 Å². The number of amides is 2. The monoisotopic (exact) mass is 411 g/mol. The van der Waals surface area contributed by atoms with Crippen molar-refractivity contribution < 1.29 is 19.1 Å². The van der Waals surface area contributed by atoms with Gasteiger partial charge in [0.15, 0.2) is 11.4 Å². The summed E-state index contributed by atoms with van der Waals surface area (Å²) in [7, 11) is 0. The number of anilines is 2. The Balaban J connectivity index is 1.46. The van der Waals surface area contributed by atoms with Crippen molar-refractivity contribution in [3.8, 4) is 0 Å². The third kappa shape index (κ3) is 4.58. The van der Waals surface area contributed by atoms with E-state index in [0.717, 1.165) is 18.8 Å². The first-order valence-corrected chi connectivity index (χ1v) is 10.1. The second kappa shape index (κ2) is 9.19. The molecule has 1 atom stereocenters. The Morgan fingerprint density at radius 1 is 1.00 bits per heavy atom. The van der Waals surface area contributed by atoms with Crippen LogP contribution < -0.4 is 10.2 Å². The maximum absolute atomic E-state index is 12.8. The summed E-state index contributed by atoms with van der Waals surface area (Å²) in [6.07, 6.45) is 3.02. The molecular formula is C21H25N5O4. The van der Waals surface area contributed by atoms with Crippen molar-refractivity contribution in [3.05, 3.63) is 48.0 Å². The Morgan fingerprint density at radius 2 is 1.70 bits per heavy atom. The molecule has 9 heteroatoms. The summed E-state index contributed by atoms with van der Waals surface area (Å²) < 4.78 is 10.9. The minimum Gasteiger partial charge on any atom is -0.378 e. The van der Waals surface area contributed by atoms with E-state index in [2.05, 4.69) is 27.1 Å². The van der Waals surface area contributed by atoms with Crippen molar-refractivity contribution in [2.45, 2.75) is 13.0 Å². The van der Waals surface area contributed by atoms with Gasteiger partial charge in [-0.15, -0.1) is 0 Å². The van der Waals surface area contributed by atoms with E-state index in [1.54, 1.807) is 4.90 Å². The zero-order valence-electron chi connectivity index (χ0n) is 16.9. The molecule has 0 aliphatic carbocycles. The molecule has 0 spiro atoms. The lowest BCUT2D eigenvalue weighted by atomic mass is 10.2. The zero-order chi connectivity index (χ0) is 20.9. The van der Waals surface area contributed by atoms with Gasteiger partial charge >= 0.3 is 0 Å². The first kappa shape index (κ1) is 20.2. The molecule has 2 aliphatic rings. The van der Waals surface area contributed by atoms with Gasteiger partial charge in [0.25, 0.3) is 11.8 Å². The fourth-order valence-corrected chi connectivity index (χ4v) is 3.58. The standard InChI is InChI=1S/C21H25N5O4/c1-15-14-26(10-13-30-15)17-4-2-16(3-5-17)24-20(27)18-19(23-7-6-22-18)21(28)25-8-11-29-12-9-25/h2-7,15H,8-14H2,1H3,(H,24,27). The average molecular weight is 411 g/mol. The molecule has 2 amide bonds. The topological polar surface area (TPSA) is 96.9 Å².